The van der Waals surface area contributed by atoms with E-state index in [9.17, 15) is 4.79 Å². The minimum Gasteiger partial charge on any atom is -0.378 e. The van der Waals surface area contributed by atoms with Gasteiger partial charge in [0.25, 0.3) is 5.91 Å². The molecule has 0 radical (unpaired) electrons. The summed E-state index contributed by atoms with van der Waals surface area (Å²) >= 11 is 0. The first-order valence-corrected chi connectivity index (χ1v) is 9.25. The second-order valence-corrected chi connectivity index (χ2v) is 6.99. The molecule has 1 unspecified atom stereocenters. The maximum Gasteiger partial charge on any atom is 0.253 e. The van der Waals surface area contributed by atoms with E-state index in [0.717, 1.165) is 57.1 Å². The molecule has 2 aromatic rings. The van der Waals surface area contributed by atoms with E-state index < -0.39 is 0 Å². The van der Waals surface area contributed by atoms with Crippen molar-refractivity contribution in [2.45, 2.75) is 32.2 Å². The molecule has 0 bridgehead atoms. The molecule has 1 saturated heterocycles. The maximum atomic E-state index is 12.7. The Kier molecular flexibility index (Phi) is 4.63. The number of carbonyl (C=O) groups excluding carboxylic acids is 1. The molecule has 1 fully saturated rings. The minimum atomic E-state index is -0.0767. The van der Waals surface area contributed by atoms with Gasteiger partial charge in [0.15, 0.2) is 0 Å². The number of aromatic nitrogens is 3. The molecular formula is C19H25N5O2. The first-order chi connectivity index (χ1) is 12.6. The van der Waals surface area contributed by atoms with Crippen molar-refractivity contribution < 1.29 is 9.53 Å². The molecule has 2 aliphatic rings. The van der Waals surface area contributed by atoms with E-state index in [1.807, 2.05) is 30.8 Å². The molecule has 0 saturated carbocycles. The molecule has 4 rings (SSSR count). The van der Waals surface area contributed by atoms with Gasteiger partial charge in [-0.05, 0) is 38.3 Å². The summed E-state index contributed by atoms with van der Waals surface area (Å²) in [5.41, 5.74) is 4.02. The third kappa shape index (κ3) is 3.19. The number of fused-ring (bicyclic) bond motifs is 1. The van der Waals surface area contributed by atoms with Gasteiger partial charge < -0.3 is 15.0 Å². The highest BCUT2D eigenvalue weighted by Gasteiger charge is 2.27. The zero-order chi connectivity index (χ0) is 18.1. The number of amides is 1. The first-order valence-electron chi connectivity index (χ1n) is 9.25. The number of pyridine rings is 1. The molecule has 0 spiro atoms. The molecule has 7 heteroatoms. The number of nitrogens with one attached hydrogen (secondary N) is 1. The number of hydrogen-bond donors (Lipinski definition) is 1. The van der Waals surface area contributed by atoms with Gasteiger partial charge in [0.2, 0.25) is 0 Å². The Labute approximate surface area is 153 Å². The number of rotatable bonds is 3. The lowest BCUT2D eigenvalue weighted by Gasteiger charge is -2.28. The molecule has 1 N–H and O–H groups in total. The largest absolute Gasteiger partial charge is 0.378 e. The number of aryl methyl sites for hydroxylation is 2. The first kappa shape index (κ1) is 17.0. The summed E-state index contributed by atoms with van der Waals surface area (Å²) in [5.74, 6) is 0.819. The summed E-state index contributed by atoms with van der Waals surface area (Å²) in [6.45, 7) is 5.13. The van der Waals surface area contributed by atoms with Gasteiger partial charge in [-0.1, -0.05) is 0 Å². The second-order valence-electron chi connectivity index (χ2n) is 6.99. The van der Waals surface area contributed by atoms with Crippen LogP contribution in [-0.2, 0) is 18.2 Å². The van der Waals surface area contributed by atoms with Gasteiger partial charge in [-0.25, -0.2) is 4.98 Å². The summed E-state index contributed by atoms with van der Waals surface area (Å²) < 4.78 is 7.31. The van der Waals surface area contributed by atoms with Gasteiger partial charge in [-0.3, -0.25) is 9.48 Å². The Morgan fingerprint density at radius 1 is 1.31 bits per heavy atom. The van der Waals surface area contributed by atoms with Crippen molar-refractivity contribution in [3.05, 3.63) is 40.8 Å². The predicted octanol–water partition coefficient (Wildman–Crippen LogP) is 1.77. The highest BCUT2D eigenvalue weighted by atomic mass is 16.5. The Balaban J connectivity index is 1.47. The van der Waals surface area contributed by atoms with Crippen LogP contribution < -0.4 is 10.2 Å². The van der Waals surface area contributed by atoms with Crippen LogP contribution in [0.5, 0.6) is 0 Å². The quantitative estimate of drug-likeness (QED) is 0.908. The van der Waals surface area contributed by atoms with E-state index in [2.05, 4.69) is 20.3 Å². The van der Waals surface area contributed by atoms with Crippen LogP contribution in [0.3, 0.4) is 0 Å². The van der Waals surface area contributed by atoms with Crippen LogP contribution in [0.25, 0.3) is 0 Å². The number of anilines is 1. The SMILES string of the molecule is Cc1nn(C)c2c1C(NC(=O)c1ccc(N3CCOCC3)nc1)CCC2. The fourth-order valence-electron chi connectivity index (χ4n) is 3.98. The number of nitrogens with zero attached hydrogens (tertiary/aromatic N) is 4. The average molecular weight is 355 g/mol. The van der Waals surface area contributed by atoms with Crippen LogP contribution >= 0.6 is 0 Å². The summed E-state index contributed by atoms with van der Waals surface area (Å²) in [5, 5.41) is 7.70. The van der Waals surface area contributed by atoms with Crippen LogP contribution in [0.4, 0.5) is 5.82 Å². The fraction of sp³-hybridized carbons (Fsp3) is 0.526. The topological polar surface area (TPSA) is 72.3 Å². The van der Waals surface area contributed by atoms with Crippen molar-refractivity contribution >= 4 is 11.7 Å². The van der Waals surface area contributed by atoms with Gasteiger partial charge in [0, 0.05) is 37.6 Å². The lowest BCUT2D eigenvalue weighted by atomic mass is 9.91. The monoisotopic (exact) mass is 355 g/mol. The Hall–Kier alpha value is -2.41. The fourth-order valence-corrected chi connectivity index (χ4v) is 3.98. The van der Waals surface area contributed by atoms with Gasteiger partial charge in [-0.2, -0.15) is 5.10 Å². The molecule has 0 aromatic carbocycles. The van der Waals surface area contributed by atoms with Crippen molar-refractivity contribution in [3.63, 3.8) is 0 Å². The van der Waals surface area contributed by atoms with Crippen molar-refractivity contribution in [2.24, 2.45) is 7.05 Å². The number of ether oxygens (including phenoxy) is 1. The predicted molar refractivity (Wildman–Crippen MR) is 98.4 cm³/mol. The zero-order valence-corrected chi connectivity index (χ0v) is 15.4. The van der Waals surface area contributed by atoms with E-state index in [1.54, 1.807) is 6.20 Å². The lowest BCUT2D eigenvalue weighted by Crippen LogP contribution is -2.36. The van der Waals surface area contributed by atoms with Gasteiger partial charge >= 0.3 is 0 Å². The molecule has 26 heavy (non-hydrogen) atoms. The van der Waals surface area contributed by atoms with Crippen molar-refractivity contribution in [3.8, 4) is 0 Å². The molecule has 1 aliphatic heterocycles. The van der Waals surface area contributed by atoms with Crippen molar-refractivity contribution in [1.82, 2.24) is 20.1 Å². The molecule has 138 valence electrons. The Morgan fingerprint density at radius 2 is 2.12 bits per heavy atom. The van der Waals surface area contributed by atoms with Crippen LogP contribution in [-0.4, -0.2) is 47.0 Å². The minimum absolute atomic E-state index is 0.0267. The van der Waals surface area contributed by atoms with Crippen molar-refractivity contribution in [1.29, 1.82) is 0 Å². The normalized spacial score (nSPS) is 19.9. The third-order valence-corrected chi connectivity index (χ3v) is 5.30. The molecule has 1 atom stereocenters. The van der Waals surface area contributed by atoms with E-state index in [4.69, 9.17) is 4.74 Å². The maximum absolute atomic E-state index is 12.7. The smallest absolute Gasteiger partial charge is 0.253 e. The second kappa shape index (κ2) is 7.07. The number of hydrogen-bond acceptors (Lipinski definition) is 5. The van der Waals surface area contributed by atoms with Crippen LogP contribution in [0.2, 0.25) is 0 Å². The molecular weight excluding hydrogens is 330 g/mol. The molecule has 3 heterocycles. The summed E-state index contributed by atoms with van der Waals surface area (Å²) in [7, 11) is 1.98. The standard InChI is InChI=1S/C19H25N5O2/c1-13-18-15(4-3-5-16(18)23(2)22-13)21-19(25)14-6-7-17(20-12-14)24-8-10-26-11-9-24/h6-7,12,15H,3-5,8-11H2,1-2H3,(H,21,25). The van der Waals surface area contributed by atoms with Crippen LogP contribution in [0.15, 0.2) is 18.3 Å². The van der Waals surface area contributed by atoms with E-state index >= 15 is 0 Å². The summed E-state index contributed by atoms with van der Waals surface area (Å²) in [4.78, 5) is 19.4. The Bertz CT molecular complexity index is 793. The van der Waals surface area contributed by atoms with E-state index in [0.29, 0.717) is 5.56 Å². The zero-order valence-electron chi connectivity index (χ0n) is 15.4. The Morgan fingerprint density at radius 3 is 2.85 bits per heavy atom. The third-order valence-electron chi connectivity index (χ3n) is 5.30. The highest BCUT2D eigenvalue weighted by molar-refractivity contribution is 5.94. The van der Waals surface area contributed by atoms with E-state index in [1.165, 1.54) is 11.3 Å². The number of carbonyl (C=O) groups is 1. The summed E-state index contributed by atoms with van der Waals surface area (Å²) in [6.07, 6.45) is 4.70. The average Bonchev–Trinajstić information content (AvgIpc) is 2.97. The van der Waals surface area contributed by atoms with Gasteiger partial charge in [0.05, 0.1) is 30.5 Å². The van der Waals surface area contributed by atoms with Crippen LogP contribution in [0.1, 0.15) is 46.2 Å². The van der Waals surface area contributed by atoms with Gasteiger partial charge in [0.1, 0.15) is 5.82 Å². The lowest BCUT2D eigenvalue weighted by molar-refractivity contribution is 0.0932. The molecule has 2 aromatic heterocycles. The van der Waals surface area contributed by atoms with Gasteiger partial charge in [-0.15, -0.1) is 0 Å². The molecule has 1 aliphatic carbocycles. The molecule has 7 nitrogen and oxygen atoms in total. The highest BCUT2D eigenvalue weighted by Crippen LogP contribution is 2.32. The van der Waals surface area contributed by atoms with E-state index in [-0.39, 0.29) is 11.9 Å². The number of morpholine rings is 1. The summed E-state index contributed by atoms with van der Waals surface area (Å²) in [6, 6.07) is 3.80. The molecule has 1 amide bonds. The van der Waals surface area contributed by atoms with Crippen molar-refractivity contribution in [2.75, 3.05) is 31.2 Å². The van der Waals surface area contributed by atoms with Crippen LogP contribution in [0, 0.1) is 6.92 Å².